The highest BCUT2D eigenvalue weighted by molar-refractivity contribution is 5.93. The van der Waals surface area contributed by atoms with E-state index in [1.165, 1.54) is 86.9 Å². The van der Waals surface area contributed by atoms with Crippen molar-refractivity contribution in [2.75, 3.05) is 43.8 Å². The minimum Gasteiger partial charge on any atom is -0.491 e. The number of aromatic nitrogens is 21. The predicted molar refractivity (Wildman–Crippen MR) is 569 cm³/mol. The van der Waals surface area contributed by atoms with Crippen molar-refractivity contribution >= 4 is 118 Å². The fourth-order valence-corrected chi connectivity index (χ4v) is 19.8. The number of benzene rings is 7. The number of para-hydroxylation sites is 1. The molecule has 26 rings (SSSR count). The Bertz CT molecular complexity index is 7710. The van der Waals surface area contributed by atoms with Crippen LogP contribution in [-0.2, 0) is 30.3 Å². The molecule has 14 aromatic heterocycles. The fourth-order valence-electron chi connectivity index (χ4n) is 19.8. The summed E-state index contributed by atoms with van der Waals surface area (Å²) in [6.45, 7) is 23.4. The Balaban J connectivity index is 0.000000101. The van der Waals surface area contributed by atoms with Crippen molar-refractivity contribution in [3.8, 4) is 5.75 Å². The number of hydrogen-bond acceptors (Lipinski definition) is 22. The molecule has 5 unspecified atom stereocenters. The molecule has 142 heavy (non-hydrogen) atoms. The van der Waals surface area contributed by atoms with E-state index in [4.69, 9.17) is 4.74 Å². The lowest BCUT2D eigenvalue weighted by Gasteiger charge is -2.27. The van der Waals surface area contributed by atoms with Gasteiger partial charge < -0.3 is 76.8 Å². The number of H-pyrrole nitrogens is 7. The van der Waals surface area contributed by atoms with Crippen molar-refractivity contribution in [3.63, 3.8) is 0 Å². The van der Waals surface area contributed by atoms with E-state index in [2.05, 4.69) is 352 Å². The molecule has 15 heterocycles. The van der Waals surface area contributed by atoms with Crippen molar-refractivity contribution in [3.05, 3.63) is 370 Å². The van der Waals surface area contributed by atoms with E-state index in [1.54, 1.807) is 44.3 Å². The van der Waals surface area contributed by atoms with Gasteiger partial charge in [0.25, 0.3) is 0 Å². The summed E-state index contributed by atoms with van der Waals surface area (Å²) < 4.78 is 5.69. The van der Waals surface area contributed by atoms with Crippen LogP contribution in [0.15, 0.2) is 269 Å². The molecular weight excluding hydrogens is 1770 g/mol. The van der Waals surface area contributed by atoms with Crippen LogP contribution in [0.3, 0.4) is 0 Å². The molecule has 0 spiro atoms. The summed E-state index contributed by atoms with van der Waals surface area (Å²) in [4.78, 5) is 83.4. The van der Waals surface area contributed by atoms with Gasteiger partial charge >= 0.3 is 0 Å². The van der Waals surface area contributed by atoms with Crippen molar-refractivity contribution in [1.29, 1.82) is 0 Å². The summed E-state index contributed by atoms with van der Waals surface area (Å²) in [5.41, 5.74) is 28.6. The first-order valence-corrected chi connectivity index (χ1v) is 48.8. The summed E-state index contributed by atoms with van der Waals surface area (Å²) in [6.07, 6.45) is 22.8. The van der Waals surface area contributed by atoms with Crippen LogP contribution < -0.4 is 42.0 Å². The summed E-state index contributed by atoms with van der Waals surface area (Å²) in [5.74, 6) is 7.18. The largest absolute Gasteiger partial charge is 0.491 e. The van der Waals surface area contributed by atoms with Gasteiger partial charge in [-0.15, -0.1) is 0 Å². The highest BCUT2D eigenvalue weighted by Crippen LogP contribution is 2.49. The second-order valence-corrected chi connectivity index (χ2v) is 38.1. The molecular formula is C113H118N28O. The third-order valence-corrected chi connectivity index (χ3v) is 27.0. The number of nitrogens with zero attached hydrogens (tertiary/aromatic N) is 14. The van der Waals surface area contributed by atoms with E-state index in [0.717, 1.165) is 202 Å². The Morgan fingerprint density at radius 3 is 1.13 bits per heavy atom. The molecule has 29 heteroatoms. The average Bonchev–Trinajstić information content (AvgIpc) is 1.60. The molecule has 0 amide bonds. The van der Waals surface area contributed by atoms with E-state index in [-0.39, 0.29) is 23.2 Å². The lowest BCUT2D eigenvalue weighted by Crippen LogP contribution is -2.28. The molecule has 1 saturated carbocycles. The average molecular weight is 1880 g/mol. The van der Waals surface area contributed by atoms with Gasteiger partial charge in [0.1, 0.15) is 137 Å². The van der Waals surface area contributed by atoms with Gasteiger partial charge in [0.15, 0.2) is 0 Å². The molecule has 14 N–H and O–H groups in total. The molecule has 29 nitrogen and oxygen atoms in total. The number of nitrogens with one attached hydrogen (secondary N) is 14. The zero-order valence-corrected chi connectivity index (χ0v) is 81.7. The summed E-state index contributed by atoms with van der Waals surface area (Å²) in [5, 5.41) is 32.2. The van der Waals surface area contributed by atoms with E-state index < -0.39 is 0 Å². The van der Waals surface area contributed by atoms with Gasteiger partial charge in [0.2, 0.25) is 0 Å². The zero-order valence-electron chi connectivity index (χ0n) is 81.7. The Morgan fingerprint density at radius 1 is 0.324 bits per heavy atom. The number of fused-ring (bicyclic) bond motifs is 11. The molecule has 716 valence electrons. The lowest BCUT2D eigenvalue weighted by atomic mass is 9.86. The quantitative estimate of drug-likeness (QED) is 0.0403. The van der Waals surface area contributed by atoms with Crippen LogP contribution in [0, 0.1) is 55.4 Å². The van der Waals surface area contributed by atoms with Gasteiger partial charge in [-0.1, -0.05) is 181 Å². The van der Waals surface area contributed by atoms with Crippen molar-refractivity contribution in [2.45, 2.75) is 182 Å². The first kappa shape index (κ1) is 93.0. The molecule has 7 aromatic carbocycles. The summed E-state index contributed by atoms with van der Waals surface area (Å²) in [6, 6.07) is 79.5. The maximum absolute atomic E-state index is 5.69. The Labute approximate surface area is 823 Å². The van der Waals surface area contributed by atoms with E-state index >= 15 is 0 Å². The van der Waals surface area contributed by atoms with Gasteiger partial charge in [-0.25, -0.2) is 69.8 Å². The Hall–Kier alpha value is -16.7. The van der Waals surface area contributed by atoms with Crippen LogP contribution in [0.5, 0.6) is 5.75 Å². The number of anilines is 7. The highest BCUT2D eigenvalue weighted by Gasteiger charge is 2.45. The van der Waals surface area contributed by atoms with Crippen LogP contribution >= 0.6 is 0 Å². The maximum Gasteiger partial charge on any atom is 0.143 e. The van der Waals surface area contributed by atoms with Crippen molar-refractivity contribution in [2.24, 2.45) is 0 Å². The van der Waals surface area contributed by atoms with Gasteiger partial charge in [-0.3, -0.25) is 0 Å². The van der Waals surface area contributed by atoms with Gasteiger partial charge in [0.05, 0.1) is 72.9 Å². The monoisotopic (exact) mass is 1880 g/mol. The van der Waals surface area contributed by atoms with E-state index in [9.17, 15) is 0 Å². The number of hydrogen-bond donors (Lipinski definition) is 14. The van der Waals surface area contributed by atoms with Crippen LogP contribution in [0.4, 0.5) is 40.7 Å². The van der Waals surface area contributed by atoms with Gasteiger partial charge in [0, 0.05) is 51.5 Å². The third-order valence-electron chi connectivity index (χ3n) is 27.0. The normalized spacial score (nSPS) is 15.8. The van der Waals surface area contributed by atoms with Crippen molar-refractivity contribution in [1.82, 2.24) is 105 Å². The summed E-state index contributed by atoms with van der Waals surface area (Å²) in [7, 11) is 0. The lowest BCUT2D eigenvalue weighted by molar-refractivity contribution is 0.339. The predicted octanol–water partition coefficient (Wildman–Crippen LogP) is 24.4. The molecule has 0 bridgehead atoms. The molecule has 5 atom stereocenters. The fraction of sp³-hybridized carbons (Fsp3) is 0.257. The Kier molecular flexibility index (Phi) is 26.9. The summed E-state index contributed by atoms with van der Waals surface area (Å²) >= 11 is 0. The second-order valence-electron chi connectivity index (χ2n) is 38.1. The van der Waals surface area contributed by atoms with Crippen LogP contribution in [0.1, 0.15) is 197 Å². The minimum absolute atomic E-state index is 0.0493. The second kappa shape index (κ2) is 41.1. The zero-order chi connectivity index (χ0) is 97.4. The minimum atomic E-state index is -0.201. The number of rotatable bonds is 17. The number of ether oxygens (including phenoxy) is 1. The molecule has 5 aliphatic rings. The van der Waals surface area contributed by atoms with Crippen molar-refractivity contribution < 1.29 is 4.74 Å². The van der Waals surface area contributed by atoms with Crippen LogP contribution in [-0.4, -0.2) is 111 Å². The van der Waals surface area contributed by atoms with Crippen LogP contribution in [0.25, 0.3) is 77.2 Å². The Morgan fingerprint density at radius 2 is 0.669 bits per heavy atom. The first-order chi connectivity index (χ1) is 69.2. The molecule has 21 aromatic rings. The number of aryl methyl sites for hydroxylation is 11. The van der Waals surface area contributed by atoms with Gasteiger partial charge in [-0.05, 0) is 239 Å². The molecule has 0 radical (unpaired) electrons. The highest BCUT2D eigenvalue weighted by atomic mass is 16.5. The van der Waals surface area contributed by atoms with E-state index in [0.29, 0.717) is 24.7 Å². The standard InChI is InChI=1S/C18H20N4.C17H18N4.2C16H16N4.C16H18N4.C15H14N4O.C15H16N4/c1-11-6-7-14-13(8-11)4-3-5-16(14)22-18-15-9-12(2)21-17(15)19-10-20-18;1-11-9-14-16(20-11)18-10-19-17(14)21-15-8-4-6-12-5-2-3-7-13(12)15;1-10-8-13-15(19-10)17-9-18-16(13)20-14-7-6-11-4-2-3-5-12(11)14;1-11-9-13-14(19-11)17-10-18-15(13)20-16(7-8-16)12-5-3-2-4-6-12;1-11-9-13-14(19-11)17-10-18-15(13)20-16(2,3)12-7-5-4-6-8-12;1-9-6-11-14(18-9)16-8-17-15(11)19-12-7-20-13-5-3-2-4-10(12)13;1-10-8-13-14(18-10)16-9-17-15(13)19-11(2)12-6-4-3-5-7-12/h6-10,16H,3-5H2,1-2H3,(H2,19,20,21,22);2-3,5,7,9-10,15H,4,6,8H2,1H3,(H2,18,19,20,21);2-5,8-9,14H,6-7H2,1H3,(H2,17,18,19,20);2-6,9-10H,7-8H2,1H3,(H2,17,18,19,20);4-10H,1-3H3,(H2,17,18,19,20);2-6,8,12H,7H2,1H3,(H2,16,17,18,19);3-9,11H,1-2H3,(H2,16,17,18,19). The topological polar surface area (TPSA) is 384 Å². The first-order valence-electron chi connectivity index (χ1n) is 48.8. The SMILES string of the molecule is Cc1cc2c(NC(C)(C)c3ccccc3)ncnc2[nH]1.Cc1cc2c(NC(C)c3ccccc3)ncnc2[nH]1.Cc1cc2c(NC3(c4ccccc4)CC3)ncnc2[nH]1.Cc1cc2c(NC3CCCc4ccccc43)ncnc2[nH]1.Cc1cc2c(NC3CCc4ccccc43)ncnc2[nH]1.Cc1cc2c(NC3COc4ccccc43)ncnc2[nH]1.Cc1ccc2c(c1)CCCC2Nc1ncnc2[nH]c(C)cc12. The van der Waals surface area contributed by atoms with E-state index in [1.807, 2.05) is 90.9 Å². The number of aromatic amines is 7. The third kappa shape index (κ3) is 21.0. The molecule has 4 aliphatic carbocycles. The molecule has 1 aliphatic heterocycles. The molecule has 1 fully saturated rings. The van der Waals surface area contributed by atoms with Crippen LogP contribution in [0.2, 0.25) is 0 Å². The molecule has 0 saturated heterocycles. The van der Waals surface area contributed by atoms with Gasteiger partial charge in [-0.2, -0.15) is 0 Å². The maximum atomic E-state index is 5.69. The smallest absolute Gasteiger partial charge is 0.143 e.